The van der Waals surface area contributed by atoms with Crippen molar-refractivity contribution in [3.8, 4) is 0 Å². The second-order valence-corrected chi connectivity index (χ2v) is 4.94. The number of halogens is 1. The summed E-state index contributed by atoms with van der Waals surface area (Å²) in [6, 6.07) is 4.66. The molecule has 6 heteroatoms. The fourth-order valence-electron chi connectivity index (χ4n) is 2.30. The molecule has 0 saturated heterocycles. The van der Waals surface area contributed by atoms with Gasteiger partial charge in [-0.1, -0.05) is 12.1 Å². The van der Waals surface area contributed by atoms with Crippen molar-refractivity contribution in [1.29, 1.82) is 0 Å². The number of H-pyrrole nitrogens is 1. The van der Waals surface area contributed by atoms with E-state index in [2.05, 4.69) is 10.2 Å². The number of para-hydroxylation sites is 1. The second kappa shape index (κ2) is 5.05. The molecule has 1 aromatic carbocycles. The average molecular weight is 287 g/mol. The summed E-state index contributed by atoms with van der Waals surface area (Å²) in [4.78, 5) is 14.0. The standard InChI is InChI=1S/C15H14FN3O2/c1-9-11-4-3-5-12(16)14(11)21-13(9)15(20)19(2)8-10-6-17-18-7-10/h3-7H,8H2,1-2H3,(H,17,18). The molecule has 0 unspecified atom stereocenters. The van der Waals surface area contributed by atoms with Crippen molar-refractivity contribution < 1.29 is 13.6 Å². The van der Waals surface area contributed by atoms with Crippen molar-refractivity contribution in [2.45, 2.75) is 13.5 Å². The van der Waals surface area contributed by atoms with Gasteiger partial charge < -0.3 is 9.32 Å². The van der Waals surface area contributed by atoms with Crippen LogP contribution in [-0.4, -0.2) is 28.1 Å². The lowest BCUT2D eigenvalue weighted by Crippen LogP contribution is -2.26. The highest BCUT2D eigenvalue weighted by Gasteiger charge is 2.22. The van der Waals surface area contributed by atoms with Crippen LogP contribution < -0.4 is 0 Å². The minimum atomic E-state index is -0.466. The quantitative estimate of drug-likeness (QED) is 0.805. The summed E-state index contributed by atoms with van der Waals surface area (Å²) in [7, 11) is 1.66. The van der Waals surface area contributed by atoms with Crippen molar-refractivity contribution in [3.05, 3.63) is 53.3 Å². The predicted octanol–water partition coefficient (Wildman–Crippen LogP) is 2.88. The van der Waals surface area contributed by atoms with Crippen LogP contribution >= 0.6 is 0 Å². The van der Waals surface area contributed by atoms with Crippen LogP contribution in [0.1, 0.15) is 21.7 Å². The molecule has 21 heavy (non-hydrogen) atoms. The van der Waals surface area contributed by atoms with Crippen LogP contribution in [0.2, 0.25) is 0 Å². The van der Waals surface area contributed by atoms with Gasteiger partial charge in [0.05, 0.1) is 6.20 Å². The number of carbonyl (C=O) groups excluding carboxylic acids is 1. The van der Waals surface area contributed by atoms with Crippen molar-refractivity contribution in [1.82, 2.24) is 15.1 Å². The maximum atomic E-state index is 13.7. The predicted molar refractivity (Wildman–Crippen MR) is 75.3 cm³/mol. The zero-order valence-corrected chi connectivity index (χ0v) is 11.7. The molecule has 0 radical (unpaired) electrons. The number of aromatic nitrogens is 2. The van der Waals surface area contributed by atoms with Crippen LogP contribution in [0, 0.1) is 12.7 Å². The first-order chi connectivity index (χ1) is 10.1. The van der Waals surface area contributed by atoms with E-state index in [0.717, 1.165) is 5.56 Å². The van der Waals surface area contributed by atoms with Gasteiger partial charge in [0.15, 0.2) is 17.2 Å². The zero-order valence-electron chi connectivity index (χ0n) is 11.7. The Morgan fingerprint density at radius 2 is 2.29 bits per heavy atom. The molecule has 0 spiro atoms. The minimum absolute atomic E-state index is 0.120. The third kappa shape index (κ3) is 2.29. The Morgan fingerprint density at radius 1 is 1.48 bits per heavy atom. The molecule has 5 nitrogen and oxygen atoms in total. The van der Waals surface area contributed by atoms with Gasteiger partial charge in [0, 0.05) is 36.3 Å². The van der Waals surface area contributed by atoms with Crippen molar-refractivity contribution in [3.63, 3.8) is 0 Å². The minimum Gasteiger partial charge on any atom is -0.448 e. The van der Waals surface area contributed by atoms with E-state index in [1.54, 1.807) is 38.5 Å². The summed E-state index contributed by atoms with van der Waals surface area (Å²) in [5.74, 6) is -0.586. The van der Waals surface area contributed by atoms with E-state index in [1.807, 2.05) is 0 Å². The van der Waals surface area contributed by atoms with Crippen LogP contribution in [0.5, 0.6) is 0 Å². The summed E-state index contributed by atoms with van der Waals surface area (Å²) in [6.07, 6.45) is 3.36. The summed E-state index contributed by atoms with van der Waals surface area (Å²) in [6.45, 7) is 2.15. The molecule has 0 aliphatic heterocycles. The number of rotatable bonds is 3. The molecule has 0 aliphatic carbocycles. The van der Waals surface area contributed by atoms with Gasteiger partial charge >= 0.3 is 0 Å². The number of hydrogen-bond donors (Lipinski definition) is 1. The van der Waals surface area contributed by atoms with E-state index in [0.29, 0.717) is 17.5 Å². The van der Waals surface area contributed by atoms with Crippen LogP contribution in [0.15, 0.2) is 35.0 Å². The Balaban J connectivity index is 1.94. The maximum Gasteiger partial charge on any atom is 0.289 e. The van der Waals surface area contributed by atoms with Crippen LogP contribution in [0.3, 0.4) is 0 Å². The van der Waals surface area contributed by atoms with E-state index in [-0.39, 0.29) is 17.3 Å². The maximum absolute atomic E-state index is 13.7. The molecule has 3 aromatic rings. The summed E-state index contributed by atoms with van der Waals surface area (Å²) in [5.41, 5.74) is 1.65. The molecule has 2 aromatic heterocycles. The van der Waals surface area contributed by atoms with Crippen molar-refractivity contribution in [2.75, 3.05) is 7.05 Å². The molecule has 0 aliphatic rings. The molecule has 3 rings (SSSR count). The van der Waals surface area contributed by atoms with Gasteiger partial charge in [-0.05, 0) is 13.0 Å². The smallest absolute Gasteiger partial charge is 0.289 e. The number of hydrogen-bond acceptors (Lipinski definition) is 3. The lowest BCUT2D eigenvalue weighted by Gasteiger charge is -2.14. The van der Waals surface area contributed by atoms with E-state index >= 15 is 0 Å². The Kier molecular flexibility index (Phi) is 3.21. The first-order valence-corrected chi connectivity index (χ1v) is 6.48. The number of nitrogens with zero attached hydrogens (tertiary/aromatic N) is 2. The highest BCUT2D eigenvalue weighted by atomic mass is 19.1. The van der Waals surface area contributed by atoms with Gasteiger partial charge in [-0.15, -0.1) is 0 Å². The Morgan fingerprint density at radius 3 is 2.95 bits per heavy atom. The van der Waals surface area contributed by atoms with Crippen LogP contribution in [-0.2, 0) is 6.54 Å². The average Bonchev–Trinajstić information content (AvgIpc) is 3.08. The van der Waals surface area contributed by atoms with Crippen LogP contribution in [0.25, 0.3) is 11.0 Å². The SMILES string of the molecule is Cc1c(C(=O)N(C)Cc2cn[nH]c2)oc2c(F)cccc12. The fraction of sp³-hybridized carbons (Fsp3) is 0.200. The molecule has 0 fully saturated rings. The zero-order chi connectivity index (χ0) is 15.0. The van der Waals surface area contributed by atoms with Gasteiger partial charge in [-0.25, -0.2) is 4.39 Å². The molecule has 0 atom stereocenters. The summed E-state index contributed by atoms with van der Waals surface area (Å²) in [5, 5.41) is 7.15. The number of furan rings is 1. The van der Waals surface area contributed by atoms with Gasteiger partial charge in [0.1, 0.15) is 0 Å². The highest BCUT2D eigenvalue weighted by molar-refractivity contribution is 5.98. The first-order valence-electron chi connectivity index (χ1n) is 6.48. The number of aromatic amines is 1. The lowest BCUT2D eigenvalue weighted by molar-refractivity contribution is 0.0754. The van der Waals surface area contributed by atoms with Crippen LogP contribution in [0.4, 0.5) is 4.39 Å². The molecule has 0 saturated carbocycles. The van der Waals surface area contributed by atoms with E-state index in [9.17, 15) is 9.18 Å². The monoisotopic (exact) mass is 287 g/mol. The fourth-order valence-corrected chi connectivity index (χ4v) is 2.30. The molecule has 108 valence electrons. The molecular weight excluding hydrogens is 273 g/mol. The lowest BCUT2D eigenvalue weighted by atomic mass is 10.1. The molecule has 1 N–H and O–H groups in total. The van der Waals surface area contributed by atoms with Gasteiger partial charge in [-0.2, -0.15) is 5.10 Å². The third-order valence-corrected chi connectivity index (χ3v) is 3.43. The van der Waals surface area contributed by atoms with Gasteiger partial charge in [0.25, 0.3) is 5.91 Å². The topological polar surface area (TPSA) is 62.1 Å². The number of aryl methyl sites for hydroxylation is 1. The number of fused-ring (bicyclic) bond motifs is 1. The number of benzene rings is 1. The molecule has 2 heterocycles. The van der Waals surface area contributed by atoms with E-state index in [4.69, 9.17) is 4.42 Å². The Bertz CT molecular complexity index is 793. The molecule has 1 amide bonds. The van der Waals surface area contributed by atoms with Crippen molar-refractivity contribution >= 4 is 16.9 Å². The van der Waals surface area contributed by atoms with E-state index in [1.165, 1.54) is 11.0 Å². The second-order valence-electron chi connectivity index (χ2n) is 4.94. The Hall–Kier alpha value is -2.63. The van der Waals surface area contributed by atoms with Gasteiger partial charge in [-0.3, -0.25) is 9.89 Å². The third-order valence-electron chi connectivity index (χ3n) is 3.43. The summed E-state index contributed by atoms with van der Waals surface area (Å²) >= 11 is 0. The highest BCUT2D eigenvalue weighted by Crippen LogP contribution is 2.28. The summed E-state index contributed by atoms with van der Waals surface area (Å²) < 4.78 is 19.2. The van der Waals surface area contributed by atoms with Crippen molar-refractivity contribution in [2.24, 2.45) is 0 Å². The number of amides is 1. The Labute approximate surface area is 120 Å². The molecule has 0 bridgehead atoms. The van der Waals surface area contributed by atoms with Gasteiger partial charge in [0.2, 0.25) is 0 Å². The van der Waals surface area contributed by atoms with E-state index < -0.39 is 5.82 Å². The number of carbonyl (C=O) groups is 1. The largest absolute Gasteiger partial charge is 0.448 e. The number of nitrogens with one attached hydrogen (secondary N) is 1. The first kappa shape index (κ1) is 13.4. The molecular formula is C15H14FN3O2. The normalized spacial score (nSPS) is 11.0.